The topological polar surface area (TPSA) is 62.1 Å². The van der Waals surface area contributed by atoms with E-state index in [0.29, 0.717) is 17.9 Å². The molecule has 0 aromatic heterocycles. The van der Waals surface area contributed by atoms with E-state index in [0.717, 1.165) is 5.56 Å². The predicted octanol–water partition coefficient (Wildman–Crippen LogP) is 4.17. The van der Waals surface area contributed by atoms with Crippen LogP contribution in [0.15, 0.2) is 64.8 Å². The number of nitrogens with zero attached hydrogens (tertiary/aromatic N) is 1. The molecule has 0 saturated heterocycles. The van der Waals surface area contributed by atoms with E-state index in [1.165, 1.54) is 0 Å². The summed E-state index contributed by atoms with van der Waals surface area (Å²) in [6, 6.07) is 18.0. The molecule has 0 aliphatic heterocycles. The monoisotopic (exact) mass is 346 g/mol. The van der Waals surface area contributed by atoms with Crippen LogP contribution in [0.1, 0.15) is 15.9 Å². The molecule has 0 unspecified atom stereocenters. The van der Waals surface area contributed by atoms with Crippen molar-refractivity contribution >= 4 is 29.1 Å². The fraction of sp³-hybridized carbons (Fsp3) is 0.0588. The third-order valence-corrected chi connectivity index (χ3v) is 3.28. The van der Waals surface area contributed by atoms with Gasteiger partial charge in [0.25, 0.3) is 5.91 Å². The minimum absolute atomic E-state index is 0.192. The fourth-order valence-electron chi connectivity index (χ4n) is 1.75. The maximum Gasteiger partial charge on any atom is 0.256 e. The van der Waals surface area contributed by atoms with Crippen LogP contribution in [0.5, 0.6) is 5.75 Å². The van der Waals surface area contributed by atoms with Gasteiger partial charge in [0.2, 0.25) is 0 Å². The second-order valence-electron chi connectivity index (χ2n) is 4.50. The number of carbonyl (C=O) groups is 1. The third kappa shape index (κ3) is 5.03. The van der Waals surface area contributed by atoms with Crippen LogP contribution in [-0.4, -0.2) is 5.91 Å². The third-order valence-electron chi connectivity index (χ3n) is 2.90. The second-order valence-corrected chi connectivity index (χ2v) is 5.45. The molecule has 1 N–H and O–H groups in total. The largest absolute Gasteiger partial charge is 0.489 e. The molecular formula is C17H12Cl2N2O2. The molecule has 2 aromatic rings. The van der Waals surface area contributed by atoms with Gasteiger partial charge in [-0.1, -0.05) is 53.5 Å². The Kier molecular flexibility index (Phi) is 6.04. The summed E-state index contributed by atoms with van der Waals surface area (Å²) in [6.45, 7) is 0.440. The summed E-state index contributed by atoms with van der Waals surface area (Å²) in [4.78, 5) is 12.0. The molecule has 0 aliphatic rings. The van der Waals surface area contributed by atoms with Gasteiger partial charge in [0, 0.05) is 5.56 Å². The number of hydrogen-bond donors (Lipinski definition) is 1. The number of carbonyl (C=O) groups excluding carboxylic acids is 1. The molecule has 0 spiro atoms. The van der Waals surface area contributed by atoms with Gasteiger partial charge >= 0.3 is 0 Å². The number of rotatable bonds is 5. The van der Waals surface area contributed by atoms with Gasteiger partial charge in [-0.25, -0.2) is 0 Å². The zero-order chi connectivity index (χ0) is 16.7. The molecule has 2 aromatic carbocycles. The maximum absolute atomic E-state index is 12.0. The molecule has 0 fully saturated rings. The molecule has 0 atom stereocenters. The first-order valence-electron chi connectivity index (χ1n) is 6.63. The molecule has 6 heteroatoms. The summed E-state index contributed by atoms with van der Waals surface area (Å²) in [5.41, 5.74) is 1.22. The lowest BCUT2D eigenvalue weighted by atomic mass is 10.2. The van der Waals surface area contributed by atoms with Crippen molar-refractivity contribution in [3.63, 3.8) is 0 Å². The summed E-state index contributed by atoms with van der Waals surface area (Å²) >= 11 is 11.0. The van der Waals surface area contributed by atoms with Gasteiger partial charge in [0.15, 0.2) is 5.70 Å². The number of nitrogens with one attached hydrogen (secondary N) is 1. The first-order chi connectivity index (χ1) is 11.1. The van der Waals surface area contributed by atoms with Crippen LogP contribution in [0.2, 0.25) is 0 Å². The number of ether oxygens (including phenoxy) is 1. The van der Waals surface area contributed by atoms with E-state index >= 15 is 0 Å². The predicted molar refractivity (Wildman–Crippen MR) is 89.0 cm³/mol. The van der Waals surface area contributed by atoms with E-state index in [2.05, 4.69) is 5.32 Å². The number of hydrogen-bond acceptors (Lipinski definition) is 3. The van der Waals surface area contributed by atoms with Crippen LogP contribution in [0, 0.1) is 11.3 Å². The number of benzene rings is 2. The Hall–Kier alpha value is -2.48. The molecule has 0 aliphatic carbocycles. The first-order valence-corrected chi connectivity index (χ1v) is 7.39. The normalized spacial score (nSPS) is 9.61. The summed E-state index contributed by atoms with van der Waals surface area (Å²) in [5.74, 6) is 0.159. The minimum atomic E-state index is -0.477. The number of halogens is 2. The minimum Gasteiger partial charge on any atom is -0.489 e. The Bertz CT molecular complexity index is 746. The zero-order valence-electron chi connectivity index (χ0n) is 11.9. The Balaban J connectivity index is 1.98. The molecule has 0 bridgehead atoms. The van der Waals surface area contributed by atoms with Gasteiger partial charge in [-0.05, 0) is 29.8 Å². The van der Waals surface area contributed by atoms with E-state index in [-0.39, 0.29) is 10.2 Å². The van der Waals surface area contributed by atoms with Crippen molar-refractivity contribution in [2.45, 2.75) is 6.61 Å². The number of amides is 1. The molecule has 0 heterocycles. The highest BCUT2D eigenvalue weighted by Crippen LogP contribution is 2.16. The summed E-state index contributed by atoms with van der Waals surface area (Å²) in [7, 11) is 0. The Morgan fingerprint density at radius 1 is 1.09 bits per heavy atom. The lowest BCUT2D eigenvalue weighted by Crippen LogP contribution is -2.22. The second kappa shape index (κ2) is 8.23. The Morgan fingerprint density at radius 2 is 1.74 bits per heavy atom. The van der Waals surface area contributed by atoms with Gasteiger partial charge in [-0.3, -0.25) is 4.79 Å². The van der Waals surface area contributed by atoms with Crippen molar-refractivity contribution in [1.82, 2.24) is 5.32 Å². The van der Waals surface area contributed by atoms with Crippen LogP contribution in [-0.2, 0) is 6.61 Å². The van der Waals surface area contributed by atoms with Crippen molar-refractivity contribution in [2.24, 2.45) is 0 Å². The van der Waals surface area contributed by atoms with Crippen molar-refractivity contribution in [3.05, 3.63) is 75.9 Å². The van der Waals surface area contributed by atoms with Crippen LogP contribution in [0.25, 0.3) is 0 Å². The van der Waals surface area contributed by atoms with E-state index in [9.17, 15) is 4.79 Å². The van der Waals surface area contributed by atoms with E-state index in [1.54, 1.807) is 30.3 Å². The highest BCUT2D eigenvalue weighted by atomic mass is 35.5. The lowest BCUT2D eigenvalue weighted by Gasteiger charge is -2.07. The standard InChI is InChI=1S/C17H12Cl2N2O2/c18-16(19)15(10-20)21-17(22)13-6-8-14(9-7-13)23-11-12-4-2-1-3-5-12/h1-9H,11H2,(H,21,22). The highest BCUT2D eigenvalue weighted by molar-refractivity contribution is 6.56. The van der Waals surface area contributed by atoms with Crippen molar-refractivity contribution < 1.29 is 9.53 Å². The van der Waals surface area contributed by atoms with E-state index in [1.807, 2.05) is 30.3 Å². The smallest absolute Gasteiger partial charge is 0.256 e. The maximum atomic E-state index is 12.0. The fourth-order valence-corrected chi connectivity index (χ4v) is 1.93. The number of nitriles is 1. The molecule has 1 amide bonds. The lowest BCUT2D eigenvalue weighted by molar-refractivity contribution is 0.0967. The van der Waals surface area contributed by atoms with Crippen LogP contribution < -0.4 is 10.1 Å². The van der Waals surface area contributed by atoms with Gasteiger partial charge in [-0.15, -0.1) is 0 Å². The zero-order valence-corrected chi connectivity index (χ0v) is 13.4. The average molecular weight is 347 g/mol. The highest BCUT2D eigenvalue weighted by Gasteiger charge is 2.10. The molecule has 116 valence electrons. The SMILES string of the molecule is N#CC(NC(=O)c1ccc(OCc2ccccc2)cc1)=C(Cl)Cl. The van der Waals surface area contributed by atoms with E-state index < -0.39 is 5.91 Å². The molecule has 0 saturated carbocycles. The van der Waals surface area contributed by atoms with E-state index in [4.69, 9.17) is 33.2 Å². The first kappa shape index (κ1) is 16.9. The molecular weight excluding hydrogens is 335 g/mol. The quantitative estimate of drug-likeness (QED) is 0.826. The average Bonchev–Trinajstić information content (AvgIpc) is 2.58. The van der Waals surface area contributed by atoms with Gasteiger partial charge < -0.3 is 10.1 Å². The molecule has 23 heavy (non-hydrogen) atoms. The van der Waals surface area contributed by atoms with Crippen LogP contribution in [0.4, 0.5) is 0 Å². The Labute approximate surface area is 143 Å². The Morgan fingerprint density at radius 3 is 2.30 bits per heavy atom. The molecule has 2 rings (SSSR count). The summed E-state index contributed by atoms with van der Waals surface area (Å²) < 4.78 is 5.34. The summed E-state index contributed by atoms with van der Waals surface area (Å²) in [5, 5.41) is 11.1. The van der Waals surface area contributed by atoms with Gasteiger partial charge in [-0.2, -0.15) is 5.26 Å². The van der Waals surface area contributed by atoms with Gasteiger partial charge in [0.05, 0.1) is 0 Å². The van der Waals surface area contributed by atoms with Crippen LogP contribution in [0.3, 0.4) is 0 Å². The van der Waals surface area contributed by atoms with Crippen molar-refractivity contribution in [3.8, 4) is 11.8 Å². The summed E-state index contributed by atoms with van der Waals surface area (Å²) in [6.07, 6.45) is 0. The molecule has 4 nitrogen and oxygen atoms in total. The van der Waals surface area contributed by atoms with Crippen LogP contribution >= 0.6 is 23.2 Å². The number of allylic oxidation sites excluding steroid dienone is 1. The van der Waals surface area contributed by atoms with Crippen molar-refractivity contribution in [1.29, 1.82) is 5.26 Å². The van der Waals surface area contributed by atoms with Gasteiger partial charge in [0.1, 0.15) is 22.9 Å². The van der Waals surface area contributed by atoms with Crippen molar-refractivity contribution in [2.75, 3.05) is 0 Å². The molecule has 0 radical (unpaired) electrons.